The fourth-order valence-corrected chi connectivity index (χ4v) is 1.68. The molecule has 0 radical (unpaired) electrons. The van der Waals surface area contributed by atoms with Crippen molar-refractivity contribution < 1.29 is 4.79 Å². The summed E-state index contributed by atoms with van der Waals surface area (Å²) in [6.45, 7) is 1.76. The van der Waals surface area contributed by atoms with Gasteiger partial charge in [-0.15, -0.1) is 0 Å². The maximum absolute atomic E-state index is 12.1. The van der Waals surface area contributed by atoms with Crippen molar-refractivity contribution in [2.75, 3.05) is 11.1 Å². The number of hydrogen-bond acceptors (Lipinski definition) is 3. The van der Waals surface area contributed by atoms with Crippen LogP contribution in [0.2, 0.25) is 0 Å². The van der Waals surface area contributed by atoms with E-state index in [1.165, 1.54) is 12.1 Å². The molecule has 2 aromatic rings. The summed E-state index contributed by atoms with van der Waals surface area (Å²) in [6.07, 6.45) is 3.18. The molecule has 0 saturated carbocycles. The molecule has 0 bridgehead atoms. The lowest BCUT2D eigenvalue weighted by Gasteiger charge is -2.15. The molecule has 0 fully saturated rings. The van der Waals surface area contributed by atoms with Crippen LogP contribution in [0.3, 0.4) is 0 Å². The van der Waals surface area contributed by atoms with Gasteiger partial charge in [0.15, 0.2) is 5.43 Å². The van der Waals surface area contributed by atoms with Crippen LogP contribution >= 0.6 is 0 Å². The fourth-order valence-electron chi connectivity index (χ4n) is 1.68. The number of anilines is 2. The highest BCUT2D eigenvalue weighted by atomic mass is 16.2. The second-order valence-electron chi connectivity index (χ2n) is 4.27. The summed E-state index contributed by atoms with van der Waals surface area (Å²) in [5, 5.41) is 2.78. The molecule has 1 unspecified atom stereocenters. The zero-order chi connectivity index (χ0) is 13.8. The largest absolute Gasteiger partial charge is 0.399 e. The number of rotatable bonds is 3. The first-order valence-corrected chi connectivity index (χ1v) is 5.90. The molecule has 3 N–H and O–H groups in total. The van der Waals surface area contributed by atoms with Crippen LogP contribution in [0.15, 0.2) is 53.6 Å². The van der Waals surface area contributed by atoms with Crippen molar-refractivity contribution in [3.05, 3.63) is 59.0 Å². The molecule has 98 valence electrons. The molecule has 1 amide bonds. The molecule has 0 aliphatic carbocycles. The van der Waals surface area contributed by atoms with Crippen LogP contribution in [0.1, 0.15) is 13.0 Å². The van der Waals surface area contributed by atoms with Gasteiger partial charge >= 0.3 is 0 Å². The third-order valence-electron chi connectivity index (χ3n) is 2.80. The van der Waals surface area contributed by atoms with Gasteiger partial charge in [0.05, 0.1) is 0 Å². The second kappa shape index (κ2) is 5.39. The lowest BCUT2D eigenvalue weighted by molar-refractivity contribution is -0.118. The van der Waals surface area contributed by atoms with Crippen LogP contribution in [0.25, 0.3) is 0 Å². The van der Waals surface area contributed by atoms with Crippen LogP contribution in [-0.2, 0) is 4.79 Å². The van der Waals surface area contributed by atoms with E-state index in [2.05, 4.69) is 5.32 Å². The first-order chi connectivity index (χ1) is 9.06. The molecule has 2 rings (SSSR count). The van der Waals surface area contributed by atoms with Gasteiger partial charge in [0.2, 0.25) is 5.91 Å². The predicted octanol–water partition coefficient (Wildman–Crippen LogP) is 1.63. The van der Waals surface area contributed by atoms with Crippen molar-refractivity contribution in [3.8, 4) is 0 Å². The Balaban J connectivity index is 2.11. The number of hydrogen-bond donors (Lipinski definition) is 2. The number of amides is 1. The average molecular weight is 257 g/mol. The minimum atomic E-state index is -0.415. The summed E-state index contributed by atoms with van der Waals surface area (Å²) in [5.74, 6) is -0.172. The van der Waals surface area contributed by atoms with Crippen LogP contribution in [0.4, 0.5) is 11.4 Å². The van der Waals surface area contributed by atoms with Crippen molar-refractivity contribution in [1.82, 2.24) is 4.57 Å². The molecule has 1 aromatic carbocycles. The number of nitrogens with one attached hydrogen (secondary N) is 1. The van der Waals surface area contributed by atoms with Gasteiger partial charge in [-0.3, -0.25) is 9.59 Å². The van der Waals surface area contributed by atoms with Gasteiger partial charge in [0.1, 0.15) is 6.04 Å². The van der Waals surface area contributed by atoms with Gasteiger partial charge in [-0.25, -0.2) is 0 Å². The fraction of sp³-hybridized carbons (Fsp3) is 0.143. The summed E-state index contributed by atoms with van der Waals surface area (Å²) in [6, 6.07) is 9.41. The van der Waals surface area contributed by atoms with Crippen molar-refractivity contribution >= 4 is 17.3 Å². The van der Waals surface area contributed by atoms with E-state index in [1.807, 2.05) is 0 Å². The third-order valence-corrected chi connectivity index (χ3v) is 2.80. The Labute approximate surface area is 110 Å². The zero-order valence-electron chi connectivity index (χ0n) is 10.5. The Bertz CT molecular complexity index is 629. The van der Waals surface area contributed by atoms with Gasteiger partial charge in [-0.05, 0) is 25.1 Å². The summed E-state index contributed by atoms with van der Waals surface area (Å²) < 4.78 is 1.67. The van der Waals surface area contributed by atoms with Gasteiger partial charge in [-0.2, -0.15) is 0 Å². The number of carbonyl (C=O) groups excluding carboxylic acids is 1. The smallest absolute Gasteiger partial charge is 0.247 e. The monoisotopic (exact) mass is 257 g/mol. The summed E-state index contributed by atoms with van der Waals surface area (Å²) >= 11 is 0. The molecular weight excluding hydrogens is 242 g/mol. The van der Waals surface area contributed by atoms with Crippen molar-refractivity contribution in [3.63, 3.8) is 0 Å². The molecule has 0 spiro atoms. The van der Waals surface area contributed by atoms with E-state index in [9.17, 15) is 9.59 Å². The summed E-state index contributed by atoms with van der Waals surface area (Å²) in [5.41, 5.74) is 6.81. The van der Waals surface area contributed by atoms with Gasteiger partial charge in [0, 0.05) is 35.9 Å². The Morgan fingerprint density at radius 1 is 1.26 bits per heavy atom. The maximum Gasteiger partial charge on any atom is 0.247 e. The first kappa shape index (κ1) is 12.9. The molecule has 1 atom stereocenters. The number of carbonyl (C=O) groups is 1. The van der Waals surface area contributed by atoms with E-state index in [0.717, 1.165) is 0 Å². The summed E-state index contributed by atoms with van der Waals surface area (Å²) in [7, 11) is 0. The number of nitrogens with two attached hydrogens (primary N) is 1. The third kappa shape index (κ3) is 3.22. The van der Waals surface area contributed by atoms with Crippen molar-refractivity contribution in [2.24, 2.45) is 0 Å². The number of benzene rings is 1. The number of nitrogen functional groups attached to an aromatic ring is 1. The Morgan fingerprint density at radius 3 is 2.58 bits per heavy atom. The average Bonchev–Trinajstić information content (AvgIpc) is 2.39. The van der Waals surface area contributed by atoms with E-state index >= 15 is 0 Å². The highest BCUT2D eigenvalue weighted by molar-refractivity contribution is 5.93. The normalized spacial score (nSPS) is 11.8. The highest BCUT2D eigenvalue weighted by Gasteiger charge is 2.13. The topological polar surface area (TPSA) is 77.1 Å². The Hall–Kier alpha value is -2.56. The lowest BCUT2D eigenvalue weighted by Crippen LogP contribution is -2.24. The lowest BCUT2D eigenvalue weighted by atomic mass is 10.2. The Kier molecular flexibility index (Phi) is 3.66. The van der Waals surface area contributed by atoms with Crippen molar-refractivity contribution in [1.29, 1.82) is 0 Å². The number of aromatic nitrogens is 1. The predicted molar refractivity (Wildman–Crippen MR) is 74.9 cm³/mol. The van der Waals surface area contributed by atoms with Crippen LogP contribution in [0, 0.1) is 0 Å². The molecule has 19 heavy (non-hydrogen) atoms. The SMILES string of the molecule is CC(C(=O)Nc1cccc(N)c1)n1ccc(=O)cc1. The minimum absolute atomic E-state index is 0.0836. The van der Waals surface area contributed by atoms with Gasteiger partial charge in [0.25, 0.3) is 0 Å². The quantitative estimate of drug-likeness (QED) is 0.820. The molecule has 0 saturated heterocycles. The molecule has 0 aliphatic heterocycles. The zero-order valence-corrected chi connectivity index (χ0v) is 10.5. The van der Waals surface area contributed by atoms with Gasteiger partial charge < -0.3 is 15.6 Å². The van der Waals surface area contributed by atoms with Crippen LogP contribution in [0.5, 0.6) is 0 Å². The van der Waals surface area contributed by atoms with Crippen LogP contribution < -0.4 is 16.5 Å². The molecule has 0 aliphatic rings. The molecule has 5 nitrogen and oxygen atoms in total. The van der Waals surface area contributed by atoms with E-state index < -0.39 is 6.04 Å². The Morgan fingerprint density at radius 2 is 1.95 bits per heavy atom. The van der Waals surface area contributed by atoms with E-state index in [0.29, 0.717) is 11.4 Å². The van der Waals surface area contributed by atoms with Crippen LogP contribution in [-0.4, -0.2) is 10.5 Å². The highest BCUT2D eigenvalue weighted by Crippen LogP contribution is 2.14. The van der Waals surface area contributed by atoms with Gasteiger partial charge in [-0.1, -0.05) is 6.07 Å². The second-order valence-corrected chi connectivity index (χ2v) is 4.27. The van der Waals surface area contributed by atoms with E-state index in [4.69, 9.17) is 5.73 Å². The maximum atomic E-state index is 12.1. The van der Waals surface area contributed by atoms with E-state index in [1.54, 1.807) is 48.1 Å². The molecule has 5 heteroatoms. The van der Waals surface area contributed by atoms with Crippen molar-refractivity contribution in [2.45, 2.75) is 13.0 Å². The number of pyridine rings is 1. The van der Waals surface area contributed by atoms with E-state index in [-0.39, 0.29) is 11.3 Å². The molecule has 1 heterocycles. The molecular formula is C14H15N3O2. The summed E-state index contributed by atoms with van der Waals surface area (Å²) in [4.78, 5) is 23.1. The standard InChI is InChI=1S/C14H15N3O2/c1-10(17-7-5-13(18)6-8-17)14(19)16-12-4-2-3-11(15)9-12/h2-10H,15H2,1H3,(H,16,19). The first-order valence-electron chi connectivity index (χ1n) is 5.90. The minimum Gasteiger partial charge on any atom is -0.399 e. The molecule has 1 aromatic heterocycles. The number of nitrogens with zero attached hydrogens (tertiary/aromatic N) is 1.